The van der Waals surface area contributed by atoms with Crippen LogP contribution in [0.1, 0.15) is 10.4 Å². The van der Waals surface area contributed by atoms with Crippen LogP contribution in [0.4, 0.5) is 0 Å². The zero-order chi connectivity index (χ0) is 10.8. The van der Waals surface area contributed by atoms with Crippen LogP contribution in [0, 0.1) is 0 Å². The minimum atomic E-state index is -4.73. The molecule has 0 saturated carbocycles. The Bertz CT molecular complexity index is 386. The van der Waals surface area contributed by atoms with E-state index in [1.165, 1.54) is 19.2 Å². The maximum atomic E-state index is 10.9. The van der Waals surface area contributed by atoms with Gasteiger partial charge in [0.25, 0.3) is 0 Å². The Kier molecular flexibility index (Phi) is 11.6. The molecule has 0 saturated heterocycles. The molecular weight excluding hydrogens is 285 g/mol. The van der Waals surface area contributed by atoms with E-state index in [0.717, 1.165) is 12.1 Å². The molecule has 8 heteroatoms. The largest absolute Gasteiger partial charge is 1.00 e. The van der Waals surface area contributed by atoms with E-state index in [1.807, 2.05) is 0 Å². The van der Waals surface area contributed by atoms with Crippen molar-refractivity contribution < 1.29 is 127 Å². The summed E-state index contributed by atoms with van der Waals surface area (Å²) in [4.78, 5) is 32.0. The fraction of sp³-hybridized carbons (Fsp3) is 0.125. The molecule has 76 valence electrons. The molecule has 1 aromatic carbocycles. The van der Waals surface area contributed by atoms with Crippen molar-refractivity contribution in [1.29, 1.82) is 0 Å². The molecular formula is C8H7K2O5P. The van der Waals surface area contributed by atoms with E-state index >= 15 is 0 Å². The topological polar surface area (TPSA) is 89.5 Å². The van der Waals surface area contributed by atoms with E-state index in [0.29, 0.717) is 0 Å². The Morgan fingerprint density at radius 3 is 1.94 bits per heavy atom. The third-order valence-electron chi connectivity index (χ3n) is 1.60. The van der Waals surface area contributed by atoms with E-state index in [9.17, 15) is 19.1 Å². The quantitative estimate of drug-likeness (QED) is 0.307. The van der Waals surface area contributed by atoms with E-state index in [4.69, 9.17) is 0 Å². The van der Waals surface area contributed by atoms with Gasteiger partial charge in [0.1, 0.15) is 0 Å². The van der Waals surface area contributed by atoms with Gasteiger partial charge in [0.2, 0.25) is 0 Å². The Morgan fingerprint density at radius 2 is 1.62 bits per heavy atom. The van der Waals surface area contributed by atoms with Crippen LogP contribution in [0.15, 0.2) is 24.3 Å². The number of carbonyl (C=O) groups is 1. The third kappa shape index (κ3) is 6.33. The first-order valence-electron chi connectivity index (χ1n) is 3.66. The average molecular weight is 292 g/mol. The summed E-state index contributed by atoms with van der Waals surface area (Å²) in [6.07, 6.45) is 0. The van der Waals surface area contributed by atoms with Crippen molar-refractivity contribution in [3.63, 3.8) is 0 Å². The number of carbonyl (C=O) groups excluding carboxylic acids is 1. The van der Waals surface area contributed by atoms with Gasteiger partial charge in [-0.1, -0.05) is 12.1 Å². The van der Waals surface area contributed by atoms with E-state index in [1.54, 1.807) is 0 Å². The number of methoxy groups -OCH3 is 1. The van der Waals surface area contributed by atoms with Crippen molar-refractivity contribution in [2.75, 3.05) is 7.11 Å². The molecule has 0 aliphatic heterocycles. The number of esters is 1. The van der Waals surface area contributed by atoms with E-state index < -0.39 is 13.6 Å². The number of benzene rings is 1. The zero-order valence-electron chi connectivity index (χ0n) is 9.30. The number of rotatable bonds is 2. The average Bonchev–Trinajstić information content (AvgIpc) is 2.15. The molecule has 5 nitrogen and oxygen atoms in total. The van der Waals surface area contributed by atoms with Crippen LogP contribution in [0.2, 0.25) is 0 Å². The van der Waals surface area contributed by atoms with Crippen LogP contribution < -0.4 is 118 Å². The second kappa shape index (κ2) is 9.09. The Hall–Kier alpha value is 2.11. The molecule has 0 fully saturated rings. The van der Waals surface area contributed by atoms with Gasteiger partial charge in [-0.25, -0.2) is 4.79 Å². The summed E-state index contributed by atoms with van der Waals surface area (Å²) in [5.41, 5.74) is 0.199. The minimum Gasteiger partial charge on any atom is -0.807 e. The molecule has 0 unspecified atom stereocenters. The Morgan fingerprint density at radius 1 is 1.19 bits per heavy atom. The second-order valence-electron chi connectivity index (χ2n) is 2.54. The predicted molar refractivity (Wildman–Crippen MR) is 45.0 cm³/mol. The molecule has 0 amide bonds. The predicted octanol–water partition coefficient (Wildman–Crippen LogP) is -6.98. The van der Waals surface area contributed by atoms with Crippen molar-refractivity contribution in [2.24, 2.45) is 0 Å². The normalized spacial score (nSPS) is 9.69. The summed E-state index contributed by atoms with van der Waals surface area (Å²) in [7, 11) is -3.52. The zero-order valence-corrected chi connectivity index (χ0v) is 16.4. The molecule has 0 heterocycles. The molecule has 0 spiro atoms. The molecule has 0 aromatic heterocycles. The van der Waals surface area contributed by atoms with Gasteiger partial charge in [-0.05, 0) is 25.0 Å². The molecule has 16 heavy (non-hydrogen) atoms. The van der Waals surface area contributed by atoms with E-state index in [-0.39, 0.29) is 114 Å². The van der Waals surface area contributed by atoms with Gasteiger partial charge >= 0.3 is 109 Å². The first-order chi connectivity index (χ1) is 6.45. The molecule has 0 N–H and O–H groups in total. The summed E-state index contributed by atoms with van der Waals surface area (Å²) in [5.74, 6) is -0.580. The van der Waals surface area contributed by atoms with Gasteiger partial charge in [-0.3, -0.25) is 0 Å². The molecule has 0 bridgehead atoms. The maximum Gasteiger partial charge on any atom is 1.00 e. The van der Waals surface area contributed by atoms with Crippen molar-refractivity contribution in [2.45, 2.75) is 0 Å². The standard InChI is InChI=1S/C8H9O5P.2K/c1-13-8(9)6-2-4-7(5-3-6)14(10,11)12;;/h2-5H,1H3,(H2,10,11,12);;/q;2*+1/p-2. The molecule has 1 aromatic rings. The van der Waals surface area contributed by atoms with Gasteiger partial charge in [-0.15, -0.1) is 0 Å². The second-order valence-corrected chi connectivity index (χ2v) is 4.05. The summed E-state index contributed by atoms with van der Waals surface area (Å²) in [6.45, 7) is 0. The van der Waals surface area contributed by atoms with Crippen molar-refractivity contribution in [3.05, 3.63) is 29.8 Å². The number of ether oxygens (including phenoxy) is 1. The summed E-state index contributed by atoms with van der Waals surface area (Å²) < 4.78 is 14.9. The van der Waals surface area contributed by atoms with Crippen LogP contribution >= 0.6 is 7.60 Å². The number of hydrogen-bond donors (Lipinski definition) is 0. The molecule has 1 rings (SSSR count). The first-order valence-corrected chi connectivity index (χ1v) is 5.20. The van der Waals surface area contributed by atoms with Gasteiger partial charge in [0, 0.05) is 0 Å². The minimum absolute atomic E-state index is 0. The van der Waals surface area contributed by atoms with Gasteiger partial charge in [0.05, 0.1) is 12.7 Å². The van der Waals surface area contributed by atoms with Crippen LogP contribution in [0.3, 0.4) is 0 Å². The van der Waals surface area contributed by atoms with Crippen LogP contribution in [-0.4, -0.2) is 13.1 Å². The molecule has 0 aliphatic rings. The van der Waals surface area contributed by atoms with Gasteiger partial charge in [-0.2, -0.15) is 0 Å². The molecule has 0 aliphatic carbocycles. The van der Waals surface area contributed by atoms with Gasteiger partial charge < -0.3 is 19.1 Å². The van der Waals surface area contributed by atoms with Crippen LogP contribution in [0.5, 0.6) is 0 Å². The molecule has 0 radical (unpaired) electrons. The Balaban J connectivity index is 0. The Labute approximate surface area is 178 Å². The first kappa shape index (κ1) is 20.4. The van der Waals surface area contributed by atoms with Crippen molar-refractivity contribution >= 4 is 18.9 Å². The summed E-state index contributed by atoms with van der Waals surface area (Å²) in [6, 6.07) is 4.60. The summed E-state index contributed by atoms with van der Waals surface area (Å²) >= 11 is 0. The van der Waals surface area contributed by atoms with Gasteiger partial charge in [0.15, 0.2) is 0 Å². The maximum absolute atomic E-state index is 10.9. The fourth-order valence-electron chi connectivity index (χ4n) is 0.898. The van der Waals surface area contributed by atoms with E-state index in [2.05, 4.69) is 4.74 Å². The smallest absolute Gasteiger partial charge is 0.807 e. The molecule has 0 atom stereocenters. The summed E-state index contributed by atoms with van der Waals surface area (Å²) in [5, 5.41) is -0.342. The van der Waals surface area contributed by atoms with Crippen molar-refractivity contribution in [1.82, 2.24) is 0 Å². The SMILES string of the molecule is COC(=O)c1ccc(P(=O)([O-])[O-])cc1.[K+].[K+]. The van der Waals surface area contributed by atoms with Crippen molar-refractivity contribution in [3.8, 4) is 0 Å². The van der Waals surface area contributed by atoms with Crippen LogP contribution in [0.25, 0.3) is 0 Å². The number of hydrogen-bond acceptors (Lipinski definition) is 5. The monoisotopic (exact) mass is 292 g/mol. The fourth-order valence-corrected chi connectivity index (χ4v) is 1.41. The third-order valence-corrected chi connectivity index (χ3v) is 2.54. The van der Waals surface area contributed by atoms with Crippen LogP contribution in [-0.2, 0) is 9.30 Å².